The van der Waals surface area contributed by atoms with Gasteiger partial charge in [0.2, 0.25) is 0 Å². The lowest BCUT2D eigenvalue weighted by atomic mass is 10.2. The van der Waals surface area contributed by atoms with Crippen LogP contribution in [0.2, 0.25) is 0 Å². The first-order chi connectivity index (χ1) is 10.8. The zero-order chi connectivity index (χ0) is 15.4. The number of fused-ring (bicyclic) bond motifs is 2. The van der Waals surface area contributed by atoms with E-state index in [4.69, 9.17) is 14.6 Å². The van der Waals surface area contributed by atoms with Gasteiger partial charge in [0.05, 0.1) is 24.5 Å². The summed E-state index contributed by atoms with van der Waals surface area (Å²) in [5.74, 6) is 0.693. The predicted molar refractivity (Wildman–Crippen MR) is 89.0 cm³/mol. The molecule has 1 heterocycles. The Kier molecular flexibility index (Phi) is 4.68. The Balaban J connectivity index is 1.96. The van der Waals surface area contributed by atoms with Gasteiger partial charge >= 0.3 is 0 Å². The van der Waals surface area contributed by atoms with Crippen molar-refractivity contribution in [2.45, 2.75) is 0 Å². The number of benzene rings is 2. The second kappa shape index (κ2) is 6.87. The van der Waals surface area contributed by atoms with Gasteiger partial charge in [0.25, 0.3) is 0 Å². The summed E-state index contributed by atoms with van der Waals surface area (Å²) in [5.41, 5.74) is 0.0336. The predicted octanol–water partition coefficient (Wildman–Crippen LogP) is 2.80. The molecule has 2 aromatic carbocycles. The van der Waals surface area contributed by atoms with Gasteiger partial charge < -0.3 is 14.6 Å². The van der Waals surface area contributed by atoms with Crippen molar-refractivity contribution in [2.24, 2.45) is 0 Å². The number of ether oxygens (including phenoxy) is 2. The summed E-state index contributed by atoms with van der Waals surface area (Å²) >= 11 is 1.55. The van der Waals surface area contributed by atoms with E-state index in [1.165, 1.54) is 0 Å². The number of aliphatic hydroxyl groups excluding tert-OH is 1. The van der Waals surface area contributed by atoms with Crippen molar-refractivity contribution in [1.29, 1.82) is 0 Å². The van der Waals surface area contributed by atoms with Crippen molar-refractivity contribution in [1.82, 2.24) is 0 Å². The minimum atomic E-state index is 0.00186. The van der Waals surface area contributed by atoms with Crippen LogP contribution in [0.4, 0.5) is 0 Å². The Hall–Kier alpha value is -1.95. The van der Waals surface area contributed by atoms with Crippen LogP contribution in [-0.2, 0) is 4.74 Å². The van der Waals surface area contributed by atoms with Crippen LogP contribution in [-0.4, -0.2) is 31.5 Å². The molecule has 0 unspecified atom stereocenters. The summed E-state index contributed by atoms with van der Waals surface area (Å²) in [6.07, 6.45) is 0. The Bertz CT molecular complexity index is 841. The van der Waals surface area contributed by atoms with Gasteiger partial charge in [-0.1, -0.05) is 18.2 Å². The van der Waals surface area contributed by atoms with Crippen molar-refractivity contribution in [3.8, 4) is 5.75 Å². The maximum absolute atomic E-state index is 12.6. The molecule has 0 aliphatic heterocycles. The lowest BCUT2D eigenvalue weighted by Gasteiger charge is -2.09. The molecule has 1 N–H and O–H groups in total. The number of rotatable bonds is 6. The molecule has 5 heteroatoms. The average Bonchev–Trinajstić information content (AvgIpc) is 2.55. The van der Waals surface area contributed by atoms with Crippen LogP contribution in [0.5, 0.6) is 5.75 Å². The van der Waals surface area contributed by atoms with Crippen LogP contribution in [0.25, 0.3) is 20.2 Å². The third-order valence-electron chi connectivity index (χ3n) is 3.29. The van der Waals surface area contributed by atoms with Gasteiger partial charge in [-0.25, -0.2) is 0 Å². The van der Waals surface area contributed by atoms with Crippen LogP contribution in [0.15, 0.2) is 47.3 Å². The molecule has 0 saturated heterocycles. The van der Waals surface area contributed by atoms with Crippen molar-refractivity contribution < 1.29 is 14.6 Å². The Labute approximate surface area is 131 Å². The molecule has 4 nitrogen and oxygen atoms in total. The fourth-order valence-electron chi connectivity index (χ4n) is 2.29. The van der Waals surface area contributed by atoms with Crippen LogP contribution >= 0.6 is 11.3 Å². The molecule has 0 saturated carbocycles. The smallest absolute Gasteiger partial charge is 0.196 e. The average molecular weight is 316 g/mol. The van der Waals surface area contributed by atoms with Crippen molar-refractivity contribution in [3.05, 3.63) is 52.7 Å². The zero-order valence-electron chi connectivity index (χ0n) is 12.0. The van der Waals surface area contributed by atoms with Gasteiger partial charge in [0, 0.05) is 15.5 Å². The van der Waals surface area contributed by atoms with Gasteiger partial charge in [-0.15, -0.1) is 11.3 Å². The molecule has 0 radical (unpaired) electrons. The monoisotopic (exact) mass is 316 g/mol. The standard InChI is InChI=1S/C17H16O4S/c18-8-9-20-10-11-21-14-6-3-5-13-16(19)12-4-1-2-7-15(12)22-17(13)14/h1-7,18H,8-11H2. The number of hydrogen-bond donors (Lipinski definition) is 1. The molecule has 3 rings (SSSR count). The first-order valence-corrected chi connectivity index (χ1v) is 7.89. The molecule has 114 valence electrons. The second-order valence-corrected chi connectivity index (χ2v) is 5.80. The molecular formula is C17H16O4S. The van der Waals surface area contributed by atoms with E-state index in [1.807, 2.05) is 42.5 Å². The molecule has 1 aromatic heterocycles. The Morgan fingerprint density at radius 2 is 1.77 bits per heavy atom. The first-order valence-electron chi connectivity index (χ1n) is 7.07. The van der Waals surface area contributed by atoms with Crippen LogP contribution < -0.4 is 10.2 Å². The molecule has 0 spiro atoms. The van der Waals surface area contributed by atoms with Gasteiger partial charge in [0.15, 0.2) is 5.43 Å². The molecule has 0 atom stereocenters. The maximum Gasteiger partial charge on any atom is 0.196 e. The molecule has 0 fully saturated rings. The minimum absolute atomic E-state index is 0.00186. The van der Waals surface area contributed by atoms with E-state index in [2.05, 4.69) is 0 Å². The fourth-order valence-corrected chi connectivity index (χ4v) is 3.42. The third kappa shape index (κ3) is 2.97. The third-order valence-corrected chi connectivity index (χ3v) is 4.49. The summed E-state index contributed by atoms with van der Waals surface area (Å²) in [4.78, 5) is 12.6. The van der Waals surface area contributed by atoms with Crippen molar-refractivity contribution >= 4 is 31.5 Å². The zero-order valence-corrected chi connectivity index (χ0v) is 12.8. The molecular weight excluding hydrogens is 300 g/mol. The fraction of sp³-hybridized carbons (Fsp3) is 0.235. The summed E-state index contributed by atoms with van der Waals surface area (Å²) in [7, 11) is 0. The van der Waals surface area contributed by atoms with Gasteiger partial charge in [0.1, 0.15) is 12.4 Å². The van der Waals surface area contributed by atoms with E-state index >= 15 is 0 Å². The van der Waals surface area contributed by atoms with E-state index in [0.717, 1.165) is 14.8 Å². The molecule has 0 aliphatic carbocycles. The summed E-state index contributed by atoms with van der Waals surface area (Å²) in [6, 6.07) is 13.1. The van der Waals surface area contributed by atoms with E-state index in [1.54, 1.807) is 11.3 Å². The lowest BCUT2D eigenvalue weighted by Crippen LogP contribution is -2.09. The van der Waals surface area contributed by atoms with Crippen LogP contribution in [0, 0.1) is 0 Å². The molecule has 0 aliphatic rings. The largest absolute Gasteiger partial charge is 0.490 e. The van der Waals surface area contributed by atoms with Crippen LogP contribution in [0.1, 0.15) is 0 Å². The SMILES string of the molecule is O=c1c2ccccc2sc2c(OCCOCCO)cccc12. The van der Waals surface area contributed by atoms with E-state index < -0.39 is 0 Å². The molecule has 22 heavy (non-hydrogen) atoms. The maximum atomic E-state index is 12.6. The quantitative estimate of drug-likeness (QED) is 0.561. The van der Waals surface area contributed by atoms with Gasteiger partial charge in [-0.2, -0.15) is 0 Å². The Morgan fingerprint density at radius 1 is 0.955 bits per heavy atom. The first kappa shape index (κ1) is 15.0. The summed E-state index contributed by atoms with van der Waals surface area (Å²) < 4.78 is 12.7. The normalized spacial score (nSPS) is 11.1. The number of aliphatic hydroxyl groups is 1. The van der Waals surface area contributed by atoms with Gasteiger partial charge in [-0.05, 0) is 24.3 Å². The highest BCUT2D eigenvalue weighted by atomic mass is 32.1. The molecule has 3 aromatic rings. The molecule has 0 bridgehead atoms. The summed E-state index contributed by atoms with van der Waals surface area (Å²) in [5, 5.41) is 10.1. The minimum Gasteiger partial charge on any atom is -0.490 e. The number of hydrogen-bond acceptors (Lipinski definition) is 5. The second-order valence-electron chi connectivity index (χ2n) is 4.74. The topological polar surface area (TPSA) is 55.8 Å². The highest BCUT2D eigenvalue weighted by Gasteiger charge is 2.09. The van der Waals surface area contributed by atoms with Crippen LogP contribution in [0.3, 0.4) is 0 Å². The summed E-state index contributed by atoms with van der Waals surface area (Å²) in [6.45, 7) is 1.09. The van der Waals surface area contributed by atoms with E-state index in [-0.39, 0.29) is 12.0 Å². The van der Waals surface area contributed by atoms with Crippen molar-refractivity contribution in [2.75, 3.05) is 26.4 Å². The van der Waals surface area contributed by atoms with Gasteiger partial charge in [-0.3, -0.25) is 4.79 Å². The lowest BCUT2D eigenvalue weighted by molar-refractivity contribution is 0.0709. The Morgan fingerprint density at radius 3 is 2.64 bits per heavy atom. The van der Waals surface area contributed by atoms with Crippen molar-refractivity contribution in [3.63, 3.8) is 0 Å². The molecule has 0 amide bonds. The highest BCUT2D eigenvalue weighted by Crippen LogP contribution is 2.31. The van der Waals surface area contributed by atoms with E-state index in [0.29, 0.717) is 31.0 Å². The van der Waals surface area contributed by atoms with E-state index in [9.17, 15) is 4.79 Å². The highest BCUT2D eigenvalue weighted by molar-refractivity contribution is 7.24.